The van der Waals surface area contributed by atoms with Gasteiger partial charge in [-0.05, 0) is 53.3 Å². The van der Waals surface area contributed by atoms with E-state index in [-0.39, 0.29) is 0 Å². The van der Waals surface area contributed by atoms with Gasteiger partial charge in [0.2, 0.25) is 0 Å². The Morgan fingerprint density at radius 3 is 2.75 bits per heavy atom. The minimum Gasteiger partial charge on any atom is -0.385 e. The van der Waals surface area contributed by atoms with Crippen LogP contribution >= 0.6 is 22.6 Å². The highest BCUT2D eigenvalue weighted by atomic mass is 127. The van der Waals surface area contributed by atoms with E-state index in [1.54, 1.807) is 0 Å². The summed E-state index contributed by atoms with van der Waals surface area (Å²) < 4.78 is 3.36. The predicted molar refractivity (Wildman–Crippen MR) is 74.5 cm³/mol. The summed E-state index contributed by atoms with van der Waals surface area (Å²) in [5, 5.41) is 3.40. The summed E-state index contributed by atoms with van der Waals surface area (Å²) in [7, 11) is 0. The minimum absolute atomic E-state index is 0.985. The molecule has 0 amide bonds. The lowest BCUT2D eigenvalue weighted by atomic mass is 10.3. The molecule has 16 heavy (non-hydrogen) atoms. The van der Waals surface area contributed by atoms with Gasteiger partial charge in [-0.1, -0.05) is 0 Å². The fourth-order valence-corrected chi connectivity index (χ4v) is 1.84. The van der Waals surface area contributed by atoms with Crippen molar-refractivity contribution >= 4 is 28.3 Å². The molecule has 1 heterocycles. The number of aryl methyl sites for hydroxylation is 1. The molecule has 0 aliphatic rings. The first kappa shape index (κ1) is 11.4. The molecule has 1 aromatic carbocycles. The average Bonchev–Trinajstić information content (AvgIpc) is 2.80. The van der Waals surface area contributed by atoms with Crippen LogP contribution in [-0.4, -0.2) is 16.1 Å². The molecule has 1 N–H and O–H groups in total. The van der Waals surface area contributed by atoms with E-state index in [2.05, 4.69) is 61.7 Å². The second kappa shape index (κ2) is 5.89. The van der Waals surface area contributed by atoms with Crippen LogP contribution in [0.5, 0.6) is 0 Å². The van der Waals surface area contributed by atoms with Gasteiger partial charge in [0, 0.05) is 34.7 Å². The van der Waals surface area contributed by atoms with E-state index < -0.39 is 0 Å². The third-order valence-corrected chi connectivity index (χ3v) is 3.04. The van der Waals surface area contributed by atoms with Gasteiger partial charge in [0.1, 0.15) is 0 Å². The van der Waals surface area contributed by atoms with Gasteiger partial charge in [-0.25, -0.2) is 4.98 Å². The highest BCUT2D eigenvalue weighted by molar-refractivity contribution is 14.1. The Hall–Kier alpha value is -1.04. The van der Waals surface area contributed by atoms with Crippen molar-refractivity contribution in [1.82, 2.24) is 9.55 Å². The molecule has 0 atom stereocenters. The molecule has 1 aromatic heterocycles. The fourth-order valence-electron chi connectivity index (χ4n) is 1.48. The Morgan fingerprint density at radius 1 is 1.25 bits per heavy atom. The summed E-state index contributed by atoms with van der Waals surface area (Å²) in [5.41, 5.74) is 1.19. The molecule has 0 fully saturated rings. The van der Waals surface area contributed by atoms with E-state index in [9.17, 15) is 0 Å². The van der Waals surface area contributed by atoms with Crippen molar-refractivity contribution < 1.29 is 0 Å². The van der Waals surface area contributed by atoms with Crippen molar-refractivity contribution in [1.29, 1.82) is 0 Å². The van der Waals surface area contributed by atoms with Crippen LogP contribution in [0.2, 0.25) is 0 Å². The van der Waals surface area contributed by atoms with Crippen molar-refractivity contribution in [3.8, 4) is 0 Å². The van der Waals surface area contributed by atoms with Gasteiger partial charge in [0.05, 0.1) is 6.33 Å². The Bertz CT molecular complexity index is 408. The number of benzene rings is 1. The maximum atomic E-state index is 4.01. The van der Waals surface area contributed by atoms with Crippen LogP contribution in [0.25, 0.3) is 0 Å². The summed E-state index contributed by atoms with van der Waals surface area (Å²) in [5.74, 6) is 0. The normalized spacial score (nSPS) is 10.3. The smallest absolute Gasteiger partial charge is 0.0945 e. The molecule has 84 valence electrons. The molecule has 0 spiro atoms. The number of rotatable bonds is 5. The second-order valence-electron chi connectivity index (χ2n) is 3.59. The lowest BCUT2D eigenvalue weighted by Gasteiger charge is -2.06. The number of anilines is 1. The summed E-state index contributed by atoms with van der Waals surface area (Å²) >= 11 is 2.31. The molecule has 0 saturated heterocycles. The molecule has 3 nitrogen and oxygen atoms in total. The van der Waals surface area contributed by atoms with Crippen molar-refractivity contribution in [3.63, 3.8) is 0 Å². The topological polar surface area (TPSA) is 29.9 Å². The third kappa shape index (κ3) is 3.52. The van der Waals surface area contributed by atoms with E-state index in [1.165, 1.54) is 9.26 Å². The van der Waals surface area contributed by atoms with Crippen molar-refractivity contribution in [2.75, 3.05) is 11.9 Å². The number of imidazole rings is 1. The van der Waals surface area contributed by atoms with E-state index >= 15 is 0 Å². The van der Waals surface area contributed by atoms with Crippen molar-refractivity contribution in [3.05, 3.63) is 46.6 Å². The van der Waals surface area contributed by atoms with E-state index in [0.717, 1.165) is 19.5 Å². The second-order valence-corrected chi connectivity index (χ2v) is 4.83. The number of hydrogen-bond donors (Lipinski definition) is 1. The standard InChI is InChI=1S/C12H14IN3/c13-11-2-4-12(5-3-11)15-6-1-8-16-9-7-14-10-16/h2-5,7,9-10,15H,1,6,8H2. The van der Waals surface area contributed by atoms with Crippen LogP contribution in [0, 0.1) is 3.57 Å². The molecular formula is C12H14IN3. The highest BCUT2D eigenvalue weighted by Gasteiger charge is 1.93. The van der Waals surface area contributed by atoms with Crippen LogP contribution in [0.4, 0.5) is 5.69 Å². The maximum Gasteiger partial charge on any atom is 0.0945 e. The minimum atomic E-state index is 0.985. The first-order valence-electron chi connectivity index (χ1n) is 5.30. The number of halogens is 1. The molecule has 0 aliphatic carbocycles. The Kier molecular flexibility index (Phi) is 4.21. The first-order chi connectivity index (χ1) is 7.84. The largest absolute Gasteiger partial charge is 0.385 e. The Morgan fingerprint density at radius 2 is 2.06 bits per heavy atom. The highest BCUT2D eigenvalue weighted by Crippen LogP contribution is 2.10. The van der Waals surface area contributed by atoms with Crippen LogP contribution in [0.3, 0.4) is 0 Å². The van der Waals surface area contributed by atoms with Gasteiger partial charge in [0.25, 0.3) is 0 Å². The van der Waals surface area contributed by atoms with Crippen molar-refractivity contribution in [2.24, 2.45) is 0 Å². The van der Waals surface area contributed by atoms with Crippen LogP contribution in [0.15, 0.2) is 43.0 Å². The monoisotopic (exact) mass is 327 g/mol. The third-order valence-electron chi connectivity index (χ3n) is 2.33. The van der Waals surface area contributed by atoms with Gasteiger partial charge in [-0.2, -0.15) is 0 Å². The summed E-state index contributed by atoms with van der Waals surface area (Å²) in [6.07, 6.45) is 6.75. The summed E-state index contributed by atoms with van der Waals surface area (Å²) in [6, 6.07) is 8.44. The van der Waals surface area contributed by atoms with Crippen LogP contribution in [0.1, 0.15) is 6.42 Å². The Labute approximate surface area is 109 Å². The quantitative estimate of drug-likeness (QED) is 0.676. The van der Waals surface area contributed by atoms with Gasteiger partial charge < -0.3 is 9.88 Å². The lowest BCUT2D eigenvalue weighted by Crippen LogP contribution is -2.05. The number of aromatic nitrogens is 2. The molecule has 2 aromatic rings. The van der Waals surface area contributed by atoms with Crippen molar-refractivity contribution in [2.45, 2.75) is 13.0 Å². The molecule has 0 bridgehead atoms. The van der Waals surface area contributed by atoms with Crippen LogP contribution in [-0.2, 0) is 6.54 Å². The molecule has 2 rings (SSSR count). The zero-order valence-corrected chi connectivity index (χ0v) is 11.1. The maximum absolute atomic E-state index is 4.01. The SMILES string of the molecule is Ic1ccc(NCCCn2ccnc2)cc1. The Balaban J connectivity index is 1.70. The predicted octanol–water partition coefficient (Wildman–Crippen LogP) is 2.99. The lowest BCUT2D eigenvalue weighted by molar-refractivity contribution is 0.661. The van der Waals surface area contributed by atoms with Gasteiger partial charge >= 0.3 is 0 Å². The zero-order chi connectivity index (χ0) is 11.2. The molecular weight excluding hydrogens is 313 g/mol. The van der Waals surface area contributed by atoms with Gasteiger partial charge in [-0.3, -0.25) is 0 Å². The molecule has 0 unspecified atom stereocenters. The fraction of sp³-hybridized carbons (Fsp3) is 0.250. The molecule has 4 heteroatoms. The molecule has 0 radical (unpaired) electrons. The van der Waals surface area contributed by atoms with Gasteiger partial charge in [-0.15, -0.1) is 0 Å². The van der Waals surface area contributed by atoms with Crippen LogP contribution < -0.4 is 5.32 Å². The van der Waals surface area contributed by atoms with Gasteiger partial charge in [0.15, 0.2) is 0 Å². The zero-order valence-electron chi connectivity index (χ0n) is 8.94. The van der Waals surface area contributed by atoms with E-state index in [0.29, 0.717) is 0 Å². The summed E-state index contributed by atoms with van der Waals surface area (Å²) in [4.78, 5) is 4.01. The molecule has 0 saturated carbocycles. The first-order valence-corrected chi connectivity index (χ1v) is 6.38. The summed E-state index contributed by atoms with van der Waals surface area (Å²) in [6.45, 7) is 2.00. The average molecular weight is 327 g/mol. The number of hydrogen-bond acceptors (Lipinski definition) is 2. The number of nitrogens with zero attached hydrogens (tertiary/aromatic N) is 2. The molecule has 0 aliphatic heterocycles. The van der Waals surface area contributed by atoms with E-state index in [4.69, 9.17) is 0 Å². The van der Waals surface area contributed by atoms with E-state index in [1.807, 2.05) is 18.7 Å². The number of nitrogens with one attached hydrogen (secondary N) is 1.